The lowest BCUT2D eigenvalue weighted by Gasteiger charge is -2.07. The number of H-pyrrole nitrogens is 1. The van der Waals surface area contributed by atoms with E-state index >= 15 is 0 Å². The average Bonchev–Trinajstić information content (AvgIpc) is 2.99. The molecule has 1 aromatic carbocycles. The summed E-state index contributed by atoms with van der Waals surface area (Å²) in [5, 5.41) is 6.34. The molecule has 8 nitrogen and oxygen atoms in total. The molecule has 0 saturated heterocycles. The van der Waals surface area contributed by atoms with Crippen molar-refractivity contribution in [3.8, 4) is 0 Å². The summed E-state index contributed by atoms with van der Waals surface area (Å²) in [5.41, 5.74) is 0.618. The normalized spacial score (nSPS) is 12.4. The van der Waals surface area contributed by atoms with Crippen LogP contribution in [0.15, 0.2) is 46.3 Å². The van der Waals surface area contributed by atoms with Gasteiger partial charge in [0.1, 0.15) is 0 Å². The summed E-state index contributed by atoms with van der Waals surface area (Å²) in [6.07, 6.45) is 1.51. The van der Waals surface area contributed by atoms with Gasteiger partial charge in [0.15, 0.2) is 0 Å². The Morgan fingerprint density at radius 3 is 2.05 bits per heavy atom. The van der Waals surface area contributed by atoms with Crippen LogP contribution in [0.1, 0.15) is 5.69 Å². The van der Waals surface area contributed by atoms with E-state index in [2.05, 4.69) is 19.6 Å². The number of aromatic nitrogens is 2. The molecule has 0 radical (unpaired) electrons. The molecule has 0 aliphatic heterocycles. The highest BCUT2D eigenvalue weighted by Crippen LogP contribution is 2.14. The molecular weight excluding hydrogens is 316 g/mol. The smallest absolute Gasteiger partial charge is 0.240 e. The summed E-state index contributed by atoms with van der Waals surface area (Å²) in [4.78, 5) is -0.0189. The molecule has 0 spiro atoms. The Hall–Kier alpha value is -1.75. The van der Waals surface area contributed by atoms with E-state index in [1.807, 2.05) is 0 Å². The number of nitrogens with zero attached hydrogens (tertiary/aromatic N) is 1. The van der Waals surface area contributed by atoms with Crippen molar-refractivity contribution in [2.45, 2.75) is 16.3 Å². The van der Waals surface area contributed by atoms with E-state index in [0.717, 1.165) is 0 Å². The highest BCUT2D eigenvalue weighted by molar-refractivity contribution is 7.90. The van der Waals surface area contributed by atoms with Crippen molar-refractivity contribution >= 4 is 20.0 Å². The Morgan fingerprint density at radius 2 is 1.57 bits per heavy atom. The lowest BCUT2D eigenvalue weighted by molar-refractivity contribution is 0.578. The molecule has 0 aliphatic rings. The minimum Gasteiger partial charge on any atom is -0.281 e. The molecule has 2 rings (SSSR count). The maximum absolute atomic E-state index is 12.0. The van der Waals surface area contributed by atoms with Crippen LogP contribution in [-0.4, -0.2) is 34.1 Å². The van der Waals surface area contributed by atoms with Crippen molar-refractivity contribution in [2.75, 3.05) is 7.05 Å². The summed E-state index contributed by atoms with van der Waals surface area (Å²) in [7, 11) is -6.02. The van der Waals surface area contributed by atoms with Crippen LogP contribution >= 0.6 is 0 Å². The van der Waals surface area contributed by atoms with Crippen molar-refractivity contribution < 1.29 is 16.8 Å². The molecule has 21 heavy (non-hydrogen) atoms. The topological polar surface area (TPSA) is 121 Å². The first-order valence-electron chi connectivity index (χ1n) is 5.87. The highest BCUT2D eigenvalue weighted by Gasteiger charge is 2.16. The summed E-state index contributed by atoms with van der Waals surface area (Å²) < 4.78 is 51.7. The number of hydrogen-bond donors (Lipinski definition) is 3. The van der Waals surface area contributed by atoms with Crippen LogP contribution in [0, 0.1) is 0 Å². The largest absolute Gasteiger partial charge is 0.281 e. The van der Waals surface area contributed by atoms with Crippen LogP contribution in [0.25, 0.3) is 0 Å². The second kappa shape index (κ2) is 5.93. The number of nitrogens with one attached hydrogen (secondary N) is 3. The quantitative estimate of drug-likeness (QED) is 0.677. The van der Waals surface area contributed by atoms with Crippen molar-refractivity contribution in [2.24, 2.45) is 0 Å². The number of rotatable bonds is 6. The second-order valence-corrected chi connectivity index (χ2v) is 7.74. The summed E-state index contributed by atoms with van der Waals surface area (Å²) >= 11 is 0. The lowest BCUT2D eigenvalue weighted by Crippen LogP contribution is -2.24. The molecule has 0 atom stereocenters. The number of aromatic amines is 1. The van der Waals surface area contributed by atoms with E-state index < -0.39 is 20.0 Å². The van der Waals surface area contributed by atoms with Gasteiger partial charge in [-0.3, -0.25) is 5.10 Å². The summed E-state index contributed by atoms with van der Waals surface area (Å²) in [5.74, 6) is 0. The van der Waals surface area contributed by atoms with E-state index in [-0.39, 0.29) is 16.3 Å². The van der Waals surface area contributed by atoms with Gasteiger partial charge >= 0.3 is 0 Å². The number of benzene rings is 1. The first-order valence-corrected chi connectivity index (χ1v) is 8.83. The van der Waals surface area contributed by atoms with Gasteiger partial charge in [0.2, 0.25) is 20.0 Å². The monoisotopic (exact) mass is 330 g/mol. The first kappa shape index (κ1) is 15.6. The standard InChI is InChI=1S/C11H14N4O4S2/c1-12-20(16,17)10-2-4-11(5-3-10)21(18,19)14-8-9-6-7-13-15-9/h2-7,12,14H,8H2,1H3,(H,13,15). The fraction of sp³-hybridized carbons (Fsp3) is 0.182. The van der Waals surface area contributed by atoms with Gasteiger partial charge in [0, 0.05) is 6.20 Å². The van der Waals surface area contributed by atoms with Crippen LogP contribution in [0.4, 0.5) is 0 Å². The van der Waals surface area contributed by atoms with Crippen molar-refractivity contribution in [1.29, 1.82) is 0 Å². The van der Waals surface area contributed by atoms with E-state index in [4.69, 9.17) is 0 Å². The van der Waals surface area contributed by atoms with Gasteiger partial charge in [-0.05, 0) is 37.4 Å². The highest BCUT2D eigenvalue weighted by atomic mass is 32.2. The Labute approximate surface area is 122 Å². The third-order valence-corrected chi connectivity index (χ3v) is 5.57. The molecule has 0 saturated carbocycles. The van der Waals surface area contributed by atoms with Gasteiger partial charge in [-0.1, -0.05) is 0 Å². The molecule has 0 unspecified atom stereocenters. The Kier molecular flexibility index (Phi) is 4.42. The van der Waals surface area contributed by atoms with Crippen molar-refractivity contribution in [3.05, 3.63) is 42.2 Å². The molecule has 0 bridgehead atoms. The molecule has 114 valence electrons. The molecule has 2 aromatic rings. The zero-order valence-corrected chi connectivity index (χ0v) is 12.7. The Balaban J connectivity index is 2.17. The van der Waals surface area contributed by atoms with E-state index in [1.54, 1.807) is 6.07 Å². The lowest BCUT2D eigenvalue weighted by atomic mass is 10.4. The SMILES string of the molecule is CNS(=O)(=O)c1ccc(S(=O)(=O)NCc2ccn[nH]2)cc1. The van der Waals surface area contributed by atoms with Crippen LogP contribution in [0.3, 0.4) is 0 Å². The molecular formula is C11H14N4O4S2. The van der Waals surface area contributed by atoms with Gasteiger partial charge in [-0.25, -0.2) is 26.3 Å². The molecule has 1 aromatic heterocycles. The first-order chi connectivity index (χ1) is 9.85. The molecule has 0 aliphatic carbocycles. The third-order valence-electron chi connectivity index (χ3n) is 2.72. The van der Waals surface area contributed by atoms with Crippen LogP contribution in [0.2, 0.25) is 0 Å². The average molecular weight is 330 g/mol. The van der Waals surface area contributed by atoms with Gasteiger partial charge in [0.25, 0.3) is 0 Å². The Morgan fingerprint density at radius 1 is 1.00 bits per heavy atom. The molecule has 1 heterocycles. The fourth-order valence-corrected chi connectivity index (χ4v) is 3.29. The van der Waals surface area contributed by atoms with E-state index in [9.17, 15) is 16.8 Å². The minimum atomic E-state index is -3.72. The Bertz CT molecular complexity index is 796. The van der Waals surface area contributed by atoms with E-state index in [1.165, 1.54) is 37.5 Å². The summed E-state index contributed by atoms with van der Waals surface area (Å²) in [6.45, 7) is 0.0684. The second-order valence-electron chi connectivity index (χ2n) is 4.09. The zero-order chi connectivity index (χ0) is 15.5. The van der Waals surface area contributed by atoms with Crippen molar-refractivity contribution in [1.82, 2.24) is 19.6 Å². The molecule has 0 fully saturated rings. The van der Waals surface area contributed by atoms with Crippen LogP contribution < -0.4 is 9.44 Å². The third kappa shape index (κ3) is 3.67. The van der Waals surface area contributed by atoms with E-state index in [0.29, 0.717) is 5.69 Å². The van der Waals surface area contributed by atoms with Gasteiger partial charge in [0.05, 0.1) is 22.0 Å². The number of sulfonamides is 2. The minimum absolute atomic E-state index is 0.00230. The maximum Gasteiger partial charge on any atom is 0.240 e. The number of hydrogen-bond acceptors (Lipinski definition) is 5. The van der Waals surface area contributed by atoms with Crippen molar-refractivity contribution in [3.63, 3.8) is 0 Å². The summed E-state index contributed by atoms with van der Waals surface area (Å²) in [6, 6.07) is 6.58. The molecule has 0 amide bonds. The maximum atomic E-state index is 12.0. The predicted molar refractivity (Wildman–Crippen MR) is 75.3 cm³/mol. The zero-order valence-electron chi connectivity index (χ0n) is 11.1. The fourth-order valence-electron chi connectivity index (χ4n) is 1.56. The van der Waals surface area contributed by atoms with Gasteiger partial charge in [-0.15, -0.1) is 0 Å². The molecule has 10 heteroatoms. The van der Waals surface area contributed by atoms with Gasteiger partial charge < -0.3 is 0 Å². The van der Waals surface area contributed by atoms with Crippen LogP contribution in [-0.2, 0) is 26.6 Å². The predicted octanol–water partition coefficient (Wildman–Crippen LogP) is -0.204. The molecule has 3 N–H and O–H groups in total. The van der Waals surface area contributed by atoms with Crippen LogP contribution in [0.5, 0.6) is 0 Å². The van der Waals surface area contributed by atoms with Gasteiger partial charge in [-0.2, -0.15) is 5.10 Å².